The van der Waals surface area contributed by atoms with Crippen molar-refractivity contribution in [1.29, 1.82) is 0 Å². The Kier molecular flexibility index (Phi) is 7.93. The number of benzene rings is 2. The SMILES string of the molecule is C#Cc1c(F)ccc2cccc(-c3ncc4c(N5CC6CCC(C5)N6)nc(OC)nc4c3F)c12.CC(C)N1CCCC1. The maximum atomic E-state index is 16.1. The molecule has 3 saturated heterocycles. The quantitative estimate of drug-likeness (QED) is 0.323. The highest BCUT2D eigenvalue weighted by Gasteiger charge is 2.34. The van der Waals surface area contributed by atoms with Crippen LogP contribution in [0.2, 0.25) is 0 Å². The van der Waals surface area contributed by atoms with Crippen LogP contribution in [0.5, 0.6) is 6.01 Å². The molecule has 5 heterocycles. The molecule has 2 atom stereocenters. The average Bonchev–Trinajstić information content (AvgIpc) is 3.67. The molecule has 0 spiro atoms. The van der Waals surface area contributed by atoms with Gasteiger partial charge < -0.3 is 19.9 Å². The lowest BCUT2D eigenvalue weighted by Crippen LogP contribution is -2.51. The van der Waals surface area contributed by atoms with Crippen molar-refractivity contribution in [1.82, 2.24) is 25.2 Å². The highest BCUT2D eigenvalue weighted by molar-refractivity contribution is 6.02. The van der Waals surface area contributed by atoms with Gasteiger partial charge in [-0.2, -0.15) is 9.97 Å². The second-order valence-corrected chi connectivity index (χ2v) is 11.6. The van der Waals surface area contributed by atoms with Crippen molar-refractivity contribution in [2.75, 3.05) is 38.2 Å². The Bertz CT molecular complexity index is 1650. The number of rotatable bonds is 4. The molecule has 2 unspecified atom stereocenters. The van der Waals surface area contributed by atoms with Gasteiger partial charge in [-0.1, -0.05) is 30.2 Å². The van der Waals surface area contributed by atoms with Crippen molar-refractivity contribution in [3.8, 4) is 29.6 Å². The normalized spacial score (nSPS) is 20.2. The molecule has 2 aromatic carbocycles. The lowest BCUT2D eigenvalue weighted by atomic mass is 9.96. The van der Waals surface area contributed by atoms with Gasteiger partial charge in [-0.25, -0.2) is 8.78 Å². The lowest BCUT2D eigenvalue weighted by molar-refractivity contribution is 0.276. The van der Waals surface area contributed by atoms with Gasteiger partial charge in [0.15, 0.2) is 5.82 Å². The fourth-order valence-electron chi connectivity index (χ4n) is 6.46. The summed E-state index contributed by atoms with van der Waals surface area (Å²) in [6.45, 7) is 8.73. The fraction of sp³-hybridized carbons (Fsp3) is 0.424. The highest BCUT2D eigenvalue weighted by Crippen LogP contribution is 2.37. The lowest BCUT2D eigenvalue weighted by Gasteiger charge is -2.34. The molecule has 7 rings (SSSR count). The van der Waals surface area contributed by atoms with Crippen molar-refractivity contribution in [2.24, 2.45) is 0 Å². The first-order chi connectivity index (χ1) is 20.4. The minimum atomic E-state index is -0.628. The van der Waals surface area contributed by atoms with Crippen LogP contribution in [0, 0.1) is 24.0 Å². The predicted molar refractivity (Wildman–Crippen MR) is 163 cm³/mol. The van der Waals surface area contributed by atoms with E-state index in [1.807, 2.05) is 0 Å². The number of pyridine rings is 1. The van der Waals surface area contributed by atoms with E-state index in [1.54, 1.807) is 30.5 Å². The number of aromatic nitrogens is 3. The standard InChI is InChI=1S/C26H21F2N5O.C7H15N/c1-3-17-20(27)10-7-14-5-4-6-18(21(14)17)23-22(28)24-19(11-29-23)25(32-26(31-24)34-2)33-12-15-8-9-16(13-33)30-15;1-7(2)8-5-3-4-6-8/h1,4-7,10-11,15-16,30H,8-9,12-13H2,2H3;7H,3-6H2,1-2H3. The second kappa shape index (κ2) is 11.8. The molecule has 3 aliphatic rings. The molecule has 7 nitrogen and oxygen atoms in total. The molecule has 0 aliphatic carbocycles. The van der Waals surface area contributed by atoms with Crippen LogP contribution < -0.4 is 15.0 Å². The van der Waals surface area contributed by atoms with Crippen LogP contribution in [0.1, 0.15) is 45.1 Å². The third kappa shape index (κ3) is 5.25. The summed E-state index contributed by atoms with van der Waals surface area (Å²) in [5.41, 5.74) is 0.635. The largest absolute Gasteiger partial charge is 0.467 e. The topological polar surface area (TPSA) is 66.4 Å². The molecule has 42 heavy (non-hydrogen) atoms. The predicted octanol–water partition coefficient (Wildman–Crippen LogP) is 5.54. The van der Waals surface area contributed by atoms with E-state index in [2.05, 4.69) is 49.8 Å². The van der Waals surface area contributed by atoms with Crippen molar-refractivity contribution in [3.05, 3.63) is 53.7 Å². The van der Waals surface area contributed by atoms with Crippen LogP contribution >= 0.6 is 0 Å². The molecular weight excluding hydrogens is 534 g/mol. The Labute approximate surface area is 245 Å². The van der Waals surface area contributed by atoms with Gasteiger partial charge in [0.05, 0.1) is 18.1 Å². The van der Waals surface area contributed by atoms with Gasteiger partial charge in [-0.05, 0) is 64.1 Å². The van der Waals surface area contributed by atoms with Crippen LogP contribution in [0.15, 0.2) is 36.5 Å². The zero-order valence-corrected chi connectivity index (χ0v) is 24.3. The average molecular weight is 571 g/mol. The van der Waals surface area contributed by atoms with Gasteiger partial charge in [0.25, 0.3) is 0 Å². The Morgan fingerprint density at radius 1 is 1.05 bits per heavy atom. The van der Waals surface area contributed by atoms with E-state index >= 15 is 4.39 Å². The first kappa shape index (κ1) is 28.3. The van der Waals surface area contributed by atoms with E-state index in [0.717, 1.165) is 32.0 Å². The molecule has 2 aromatic heterocycles. The zero-order valence-electron chi connectivity index (χ0n) is 24.3. The van der Waals surface area contributed by atoms with Gasteiger partial charge in [0.2, 0.25) is 0 Å². The minimum absolute atomic E-state index is 0.0484. The van der Waals surface area contributed by atoms with Crippen LogP contribution in [-0.4, -0.2) is 71.3 Å². The smallest absolute Gasteiger partial charge is 0.318 e. The highest BCUT2D eigenvalue weighted by atomic mass is 19.1. The number of terminal acetylenes is 1. The van der Waals surface area contributed by atoms with Gasteiger partial charge >= 0.3 is 6.01 Å². The van der Waals surface area contributed by atoms with Crippen LogP contribution in [0.25, 0.3) is 32.9 Å². The Hall–Kier alpha value is -3.87. The summed E-state index contributed by atoms with van der Waals surface area (Å²) in [6, 6.07) is 9.80. The number of piperazine rings is 1. The van der Waals surface area contributed by atoms with E-state index < -0.39 is 11.6 Å². The molecule has 0 saturated carbocycles. The molecule has 1 N–H and O–H groups in total. The number of halogens is 2. The summed E-state index contributed by atoms with van der Waals surface area (Å²) < 4.78 is 35.9. The van der Waals surface area contributed by atoms with E-state index in [1.165, 1.54) is 39.1 Å². The number of hydrogen-bond donors (Lipinski definition) is 1. The molecule has 3 aliphatic heterocycles. The second-order valence-electron chi connectivity index (χ2n) is 11.6. The Morgan fingerprint density at radius 3 is 2.43 bits per heavy atom. The molecule has 2 bridgehead atoms. The van der Waals surface area contributed by atoms with E-state index in [0.29, 0.717) is 39.6 Å². The van der Waals surface area contributed by atoms with Crippen molar-refractivity contribution in [3.63, 3.8) is 0 Å². The number of anilines is 1. The maximum absolute atomic E-state index is 16.1. The van der Waals surface area contributed by atoms with Gasteiger partial charge in [0, 0.05) is 48.4 Å². The molecule has 4 aromatic rings. The van der Waals surface area contributed by atoms with Crippen molar-refractivity contribution >= 4 is 27.5 Å². The zero-order chi connectivity index (χ0) is 29.4. The first-order valence-corrected chi connectivity index (χ1v) is 14.7. The first-order valence-electron chi connectivity index (χ1n) is 14.7. The number of ether oxygens (including phenoxy) is 1. The van der Waals surface area contributed by atoms with Crippen LogP contribution in [0.3, 0.4) is 0 Å². The third-order valence-electron chi connectivity index (χ3n) is 8.61. The van der Waals surface area contributed by atoms with Gasteiger partial charge in [-0.3, -0.25) is 4.98 Å². The number of methoxy groups -OCH3 is 1. The summed E-state index contributed by atoms with van der Waals surface area (Å²) in [6.07, 6.45) is 12.2. The molecule has 0 radical (unpaired) electrons. The minimum Gasteiger partial charge on any atom is -0.467 e. The number of hydrogen-bond acceptors (Lipinski definition) is 7. The fourth-order valence-corrected chi connectivity index (χ4v) is 6.46. The number of nitrogens with one attached hydrogen (secondary N) is 1. The summed E-state index contributed by atoms with van der Waals surface area (Å²) in [5, 5.41) is 5.23. The summed E-state index contributed by atoms with van der Waals surface area (Å²) in [4.78, 5) is 18.0. The summed E-state index contributed by atoms with van der Waals surface area (Å²) in [5.74, 6) is 1.84. The van der Waals surface area contributed by atoms with Crippen molar-refractivity contribution in [2.45, 2.75) is 57.7 Å². The van der Waals surface area contributed by atoms with Crippen molar-refractivity contribution < 1.29 is 13.5 Å². The summed E-state index contributed by atoms with van der Waals surface area (Å²) >= 11 is 0. The molecule has 0 amide bonds. The number of fused-ring (bicyclic) bond motifs is 4. The van der Waals surface area contributed by atoms with Crippen LogP contribution in [-0.2, 0) is 0 Å². The third-order valence-corrected chi connectivity index (χ3v) is 8.61. The Morgan fingerprint density at radius 2 is 1.79 bits per heavy atom. The molecule has 3 fully saturated rings. The number of likely N-dealkylation sites (tertiary alicyclic amines) is 1. The van der Waals surface area contributed by atoms with Gasteiger partial charge in [0.1, 0.15) is 22.8 Å². The molecule has 9 heteroatoms. The van der Waals surface area contributed by atoms with E-state index in [-0.39, 0.29) is 22.8 Å². The Balaban J connectivity index is 0.000000343. The maximum Gasteiger partial charge on any atom is 0.318 e. The monoisotopic (exact) mass is 570 g/mol. The van der Waals surface area contributed by atoms with E-state index in [9.17, 15) is 4.39 Å². The summed E-state index contributed by atoms with van der Waals surface area (Å²) in [7, 11) is 1.46. The molecular formula is C33H36F2N6O. The van der Waals surface area contributed by atoms with Crippen LogP contribution in [0.4, 0.5) is 14.6 Å². The van der Waals surface area contributed by atoms with E-state index in [4.69, 9.17) is 11.2 Å². The van der Waals surface area contributed by atoms with Gasteiger partial charge in [-0.15, -0.1) is 6.42 Å². The molecule has 218 valence electrons. The number of nitrogens with zero attached hydrogens (tertiary/aromatic N) is 5.